The number of rotatable bonds is 5. The number of likely N-dealkylation sites (tertiary alicyclic amines) is 1. The van der Waals surface area contributed by atoms with E-state index >= 15 is 0 Å². The normalized spacial score (nSPS) is 26.3. The van der Waals surface area contributed by atoms with Crippen molar-refractivity contribution in [2.75, 3.05) is 13.2 Å². The maximum Gasteiger partial charge on any atom is 0.224 e. The second-order valence-electron chi connectivity index (χ2n) is 6.91. The highest BCUT2D eigenvalue weighted by Crippen LogP contribution is 2.32. The monoisotopic (exact) mass is 340 g/mol. The summed E-state index contributed by atoms with van der Waals surface area (Å²) >= 11 is 0. The lowest BCUT2D eigenvalue weighted by molar-refractivity contribution is -0.130. The molecule has 5 heteroatoms. The van der Waals surface area contributed by atoms with Gasteiger partial charge in [0.25, 0.3) is 0 Å². The lowest BCUT2D eigenvalue weighted by Gasteiger charge is -2.40. The first-order valence-electron chi connectivity index (χ1n) is 8.99. The van der Waals surface area contributed by atoms with Crippen molar-refractivity contribution >= 4 is 5.91 Å². The molecule has 0 spiro atoms. The molecule has 0 radical (unpaired) electrons. The first-order valence-corrected chi connectivity index (χ1v) is 8.99. The van der Waals surface area contributed by atoms with Crippen molar-refractivity contribution in [3.63, 3.8) is 0 Å². The fourth-order valence-electron chi connectivity index (χ4n) is 3.97. The van der Waals surface area contributed by atoms with Crippen molar-refractivity contribution in [3.05, 3.63) is 60.1 Å². The van der Waals surface area contributed by atoms with Crippen LogP contribution in [0.25, 0.3) is 0 Å². The smallest absolute Gasteiger partial charge is 0.224 e. The highest BCUT2D eigenvalue weighted by Gasteiger charge is 2.42. The topological polar surface area (TPSA) is 54.7 Å². The van der Waals surface area contributed by atoms with Crippen molar-refractivity contribution < 1.29 is 13.9 Å². The number of ether oxygens (including phenoxy) is 1. The van der Waals surface area contributed by atoms with E-state index in [9.17, 15) is 4.79 Å². The van der Waals surface area contributed by atoms with Gasteiger partial charge in [-0.2, -0.15) is 0 Å². The Morgan fingerprint density at radius 3 is 2.88 bits per heavy atom. The Balaban J connectivity index is 1.41. The molecule has 0 unspecified atom stereocenters. The van der Waals surface area contributed by atoms with E-state index in [-0.39, 0.29) is 17.9 Å². The first-order chi connectivity index (χ1) is 12.3. The minimum atomic E-state index is -0.0435. The number of fused-ring (bicyclic) bond motifs is 1. The second-order valence-corrected chi connectivity index (χ2v) is 6.91. The molecule has 0 saturated carbocycles. The van der Waals surface area contributed by atoms with E-state index in [0.29, 0.717) is 12.6 Å². The number of furan rings is 1. The van der Waals surface area contributed by atoms with Crippen molar-refractivity contribution in [1.29, 1.82) is 0 Å². The minimum absolute atomic E-state index is 0.0435. The molecule has 3 atom stereocenters. The van der Waals surface area contributed by atoms with Crippen LogP contribution >= 0.6 is 0 Å². The quantitative estimate of drug-likeness (QED) is 0.909. The van der Waals surface area contributed by atoms with Crippen LogP contribution in [0.15, 0.2) is 53.1 Å². The fraction of sp³-hybridized carbons (Fsp3) is 0.450. The van der Waals surface area contributed by atoms with Gasteiger partial charge in [-0.1, -0.05) is 30.3 Å². The van der Waals surface area contributed by atoms with Crippen molar-refractivity contribution in [2.45, 2.75) is 38.1 Å². The first kappa shape index (κ1) is 16.4. The predicted octanol–water partition coefficient (Wildman–Crippen LogP) is 2.58. The Morgan fingerprint density at radius 2 is 2.08 bits per heavy atom. The molecule has 0 bridgehead atoms. The van der Waals surface area contributed by atoms with Gasteiger partial charge in [-0.25, -0.2) is 0 Å². The summed E-state index contributed by atoms with van der Waals surface area (Å²) in [6.45, 7) is 2.88. The highest BCUT2D eigenvalue weighted by atomic mass is 16.5. The summed E-state index contributed by atoms with van der Waals surface area (Å²) in [5.41, 5.74) is 1.28. The van der Waals surface area contributed by atoms with Gasteiger partial charge in [-0.3, -0.25) is 9.69 Å². The minimum Gasteiger partial charge on any atom is -0.467 e. The van der Waals surface area contributed by atoms with E-state index in [1.54, 1.807) is 6.26 Å². The summed E-state index contributed by atoms with van der Waals surface area (Å²) in [5.74, 6) is 0.821. The number of hydrogen-bond donors (Lipinski definition) is 1. The molecule has 2 saturated heterocycles. The molecule has 1 amide bonds. The van der Waals surface area contributed by atoms with E-state index in [1.807, 2.05) is 18.2 Å². The molecule has 1 aromatic heterocycles. The third-order valence-corrected chi connectivity index (χ3v) is 5.23. The summed E-state index contributed by atoms with van der Waals surface area (Å²) in [5, 5.41) is 3.00. The lowest BCUT2D eigenvalue weighted by atomic mass is 9.89. The largest absolute Gasteiger partial charge is 0.467 e. The standard InChI is InChI=1S/C20H24N2O3/c23-20(21-12-17-7-4-9-24-17)16-11-19-18(8-10-25-19)22(14-16)13-15-5-2-1-3-6-15/h1-7,9,16,18-19H,8,10-14H2,(H,21,23)/t16-,18-,19-/m0/s1. The van der Waals surface area contributed by atoms with Gasteiger partial charge in [-0.05, 0) is 30.5 Å². The number of nitrogens with one attached hydrogen (secondary N) is 1. The van der Waals surface area contributed by atoms with Gasteiger partial charge >= 0.3 is 0 Å². The van der Waals surface area contributed by atoms with Crippen molar-refractivity contribution in [1.82, 2.24) is 10.2 Å². The third-order valence-electron chi connectivity index (χ3n) is 5.23. The zero-order valence-corrected chi connectivity index (χ0v) is 14.3. The van der Waals surface area contributed by atoms with Gasteiger partial charge in [0.1, 0.15) is 5.76 Å². The highest BCUT2D eigenvalue weighted by molar-refractivity contribution is 5.79. The molecule has 0 aliphatic carbocycles. The van der Waals surface area contributed by atoms with Gasteiger partial charge in [-0.15, -0.1) is 0 Å². The Labute approximate surface area is 148 Å². The van der Waals surface area contributed by atoms with Gasteiger partial charge in [0, 0.05) is 25.7 Å². The number of carbonyl (C=O) groups is 1. The molecule has 2 aromatic rings. The molecule has 1 N–H and O–H groups in total. The van der Waals surface area contributed by atoms with Gasteiger partial charge < -0.3 is 14.5 Å². The molecule has 3 heterocycles. The van der Waals surface area contributed by atoms with Crippen molar-refractivity contribution in [3.8, 4) is 0 Å². The summed E-state index contributed by atoms with van der Waals surface area (Å²) in [4.78, 5) is 15.1. The molecule has 25 heavy (non-hydrogen) atoms. The number of piperidine rings is 1. The predicted molar refractivity (Wildman–Crippen MR) is 93.7 cm³/mol. The summed E-state index contributed by atoms with van der Waals surface area (Å²) in [6.07, 6.45) is 3.65. The van der Waals surface area contributed by atoms with Crippen LogP contribution in [0.4, 0.5) is 0 Å². The molecular weight excluding hydrogens is 316 g/mol. The molecule has 2 aliphatic rings. The molecule has 5 nitrogen and oxygen atoms in total. The van der Waals surface area contributed by atoms with Gasteiger partial charge in [0.05, 0.1) is 24.8 Å². The van der Waals surface area contributed by atoms with Crippen LogP contribution in [-0.4, -0.2) is 36.1 Å². The van der Waals surface area contributed by atoms with E-state index in [1.165, 1.54) is 5.56 Å². The molecule has 2 aliphatic heterocycles. The molecule has 132 valence electrons. The van der Waals surface area contributed by atoms with E-state index in [0.717, 1.165) is 38.3 Å². The molecule has 1 aromatic carbocycles. The molecular formula is C20H24N2O3. The zero-order chi connectivity index (χ0) is 17.1. The van der Waals surface area contributed by atoms with Crippen LogP contribution in [0.3, 0.4) is 0 Å². The van der Waals surface area contributed by atoms with Crippen LogP contribution in [0, 0.1) is 5.92 Å². The second kappa shape index (κ2) is 7.42. The van der Waals surface area contributed by atoms with Gasteiger partial charge in [0.15, 0.2) is 0 Å². The summed E-state index contributed by atoms with van der Waals surface area (Å²) in [6, 6.07) is 14.6. The Morgan fingerprint density at radius 1 is 1.20 bits per heavy atom. The SMILES string of the molecule is O=C(NCc1ccco1)[C@H]1C[C@@H]2OCC[C@@H]2N(Cc2ccccc2)C1. The average molecular weight is 340 g/mol. The Bertz CT molecular complexity index is 686. The van der Waals surface area contributed by atoms with Crippen LogP contribution < -0.4 is 5.32 Å². The van der Waals surface area contributed by atoms with Crippen LogP contribution in [0.5, 0.6) is 0 Å². The Hall–Kier alpha value is -2.11. The molecule has 4 rings (SSSR count). The lowest BCUT2D eigenvalue weighted by Crippen LogP contribution is -2.52. The van der Waals surface area contributed by atoms with Crippen molar-refractivity contribution in [2.24, 2.45) is 5.92 Å². The number of amides is 1. The zero-order valence-electron chi connectivity index (χ0n) is 14.3. The number of nitrogens with zero attached hydrogens (tertiary/aromatic N) is 1. The maximum absolute atomic E-state index is 12.6. The third kappa shape index (κ3) is 3.78. The number of carbonyl (C=O) groups excluding carboxylic acids is 1. The van der Waals surface area contributed by atoms with Crippen LogP contribution in [-0.2, 0) is 22.6 Å². The Kier molecular flexibility index (Phi) is 4.85. The van der Waals surface area contributed by atoms with E-state index in [2.05, 4.69) is 34.5 Å². The van der Waals surface area contributed by atoms with E-state index in [4.69, 9.17) is 9.15 Å². The van der Waals surface area contributed by atoms with Gasteiger partial charge in [0.2, 0.25) is 5.91 Å². The maximum atomic E-state index is 12.6. The number of benzene rings is 1. The summed E-state index contributed by atoms with van der Waals surface area (Å²) < 4.78 is 11.2. The number of hydrogen-bond acceptors (Lipinski definition) is 4. The fourth-order valence-corrected chi connectivity index (χ4v) is 3.97. The van der Waals surface area contributed by atoms with Crippen LogP contribution in [0.1, 0.15) is 24.2 Å². The molecule has 2 fully saturated rings. The average Bonchev–Trinajstić information content (AvgIpc) is 3.32. The van der Waals surface area contributed by atoms with Crippen LogP contribution in [0.2, 0.25) is 0 Å². The summed E-state index contributed by atoms with van der Waals surface area (Å²) in [7, 11) is 0. The van der Waals surface area contributed by atoms with E-state index < -0.39 is 0 Å².